The van der Waals surface area contributed by atoms with Crippen LogP contribution in [0.1, 0.15) is 33.1 Å². The lowest BCUT2D eigenvalue weighted by molar-refractivity contribution is -0.129. The van der Waals surface area contributed by atoms with Gasteiger partial charge in [0, 0.05) is 32.2 Å². The quantitative estimate of drug-likeness (QED) is 0.612. The SMILES string of the molecule is CCCN(C[C@@H](O)C=CC1C(O)CC2OC(O)CC21)C(C)=O. The molecule has 2 aliphatic rings. The topological polar surface area (TPSA) is 90.2 Å². The number of hydrogen-bond donors (Lipinski definition) is 3. The predicted octanol–water partition coefficient (Wildman–Crippen LogP) is 0.266. The Labute approximate surface area is 131 Å². The van der Waals surface area contributed by atoms with E-state index in [-0.39, 0.29) is 30.4 Å². The zero-order valence-corrected chi connectivity index (χ0v) is 13.3. The molecular formula is C16H27NO5. The van der Waals surface area contributed by atoms with Crippen LogP contribution < -0.4 is 0 Å². The van der Waals surface area contributed by atoms with Gasteiger partial charge in [-0.3, -0.25) is 4.79 Å². The van der Waals surface area contributed by atoms with Crippen LogP contribution in [0.5, 0.6) is 0 Å². The lowest BCUT2D eigenvalue weighted by Gasteiger charge is -2.23. The van der Waals surface area contributed by atoms with Crippen LogP contribution in [0.4, 0.5) is 0 Å². The molecule has 2 rings (SSSR count). The van der Waals surface area contributed by atoms with Gasteiger partial charge in [0.1, 0.15) is 0 Å². The van der Waals surface area contributed by atoms with E-state index >= 15 is 0 Å². The highest BCUT2D eigenvalue weighted by molar-refractivity contribution is 5.73. The van der Waals surface area contributed by atoms with Crippen LogP contribution in [0.25, 0.3) is 0 Å². The van der Waals surface area contributed by atoms with E-state index in [1.54, 1.807) is 11.0 Å². The van der Waals surface area contributed by atoms with Gasteiger partial charge >= 0.3 is 0 Å². The molecule has 6 nitrogen and oxygen atoms in total. The summed E-state index contributed by atoms with van der Waals surface area (Å²) in [5.41, 5.74) is 0. The molecule has 0 radical (unpaired) electrons. The standard InChI is InChI=1S/C16H27NO5/c1-3-6-17(10(2)18)9-11(19)4-5-12-13-7-16(21)22-15(13)8-14(12)20/h4-5,11-16,19-21H,3,6-9H2,1-2H3/t11-,12?,13?,14?,15?,16?/m0/s1. The molecule has 1 amide bonds. The summed E-state index contributed by atoms with van der Waals surface area (Å²) >= 11 is 0. The second-order valence-corrected chi connectivity index (χ2v) is 6.33. The number of aliphatic hydroxyl groups excluding tert-OH is 3. The maximum absolute atomic E-state index is 11.5. The number of ether oxygens (including phenoxy) is 1. The molecule has 5 unspecified atom stereocenters. The Balaban J connectivity index is 1.91. The van der Waals surface area contributed by atoms with Crippen molar-refractivity contribution >= 4 is 5.91 Å². The van der Waals surface area contributed by atoms with Crippen molar-refractivity contribution in [1.29, 1.82) is 0 Å². The van der Waals surface area contributed by atoms with Crippen LogP contribution in [0.15, 0.2) is 12.2 Å². The van der Waals surface area contributed by atoms with Gasteiger partial charge in [0.05, 0.1) is 24.9 Å². The van der Waals surface area contributed by atoms with E-state index in [2.05, 4.69) is 0 Å². The third-order valence-electron chi connectivity index (χ3n) is 4.60. The molecule has 1 aliphatic heterocycles. The summed E-state index contributed by atoms with van der Waals surface area (Å²) in [7, 11) is 0. The summed E-state index contributed by atoms with van der Waals surface area (Å²) in [4.78, 5) is 13.1. The van der Waals surface area contributed by atoms with E-state index in [0.29, 0.717) is 19.4 Å². The van der Waals surface area contributed by atoms with Crippen LogP contribution in [0, 0.1) is 11.8 Å². The Morgan fingerprint density at radius 2 is 2.14 bits per heavy atom. The van der Waals surface area contributed by atoms with E-state index in [0.717, 1.165) is 6.42 Å². The summed E-state index contributed by atoms with van der Waals surface area (Å²) in [5.74, 6) is -0.0793. The van der Waals surface area contributed by atoms with Crippen molar-refractivity contribution in [2.24, 2.45) is 11.8 Å². The van der Waals surface area contributed by atoms with Crippen molar-refractivity contribution in [3.05, 3.63) is 12.2 Å². The van der Waals surface area contributed by atoms with Crippen molar-refractivity contribution in [2.45, 2.75) is 57.7 Å². The molecule has 22 heavy (non-hydrogen) atoms. The maximum atomic E-state index is 11.5. The first-order valence-corrected chi connectivity index (χ1v) is 8.05. The van der Waals surface area contributed by atoms with E-state index in [9.17, 15) is 20.1 Å². The first-order chi connectivity index (χ1) is 10.4. The Morgan fingerprint density at radius 3 is 2.77 bits per heavy atom. The normalized spacial score (nSPS) is 35.8. The molecule has 6 atom stereocenters. The predicted molar refractivity (Wildman–Crippen MR) is 80.8 cm³/mol. The lowest BCUT2D eigenvalue weighted by Crippen LogP contribution is -2.36. The minimum absolute atomic E-state index is 0.0532. The van der Waals surface area contributed by atoms with E-state index < -0.39 is 18.5 Å². The Hall–Kier alpha value is -0.950. The molecule has 1 saturated carbocycles. The van der Waals surface area contributed by atoms with Crippen LogP contribution >= 0.6 is 0 Å². The maximum Gasteiger partial charge on any atom is 0.219 e. The minimum Gasteiger partial charge on any atom is -0.392 e. The molecule has 2 fully saturated rings. The molecule has 0 aromatic carbocycles. The van der Waals surface area contributed by atoms with E-state index in [1.807, 2.05) is 13.0 Å². The van der Waals surface area contributed by atoms with Gasteiger partial charge in [-0.25, -0.2) is 0 Å². The van der Waals surface area contributed by atoms with Crippen molar-refractivity contribution in [3.63, 3.8) is 0 Å². The number of amides is 1. The highest BCUT2D eigenvalue weighted by Gasteiger charge is 2.47. The highest BCUT2D eigenvalue weighted by atomic mass is 16.6. The van der Waals surface area contributed by atoms with Gasteiger partial charge in [-0.05, 0) is 12.3 Å². The third kappa shape index (κ3) is 4.07. The van der Waals surface area contributed by atoms with Crippen molar-refractivity contribution in [2.75, 3.05) is 13.1 Å². The molecule has 1 heterocycles. The number of carbonyl (C=O) groups is 1. The third-order valence-corrected chi connectivity index (χ3v) is 4.60. The summed E-state index contributed by atoms with van der Waals surface area (Å²) in [6.07, 6.45) is 3.21. The zero-order chi connectivity index (χ0) is 16.3. The average Bonchev–Trinajstić information content (AvgIpc) is 2.91. The molecule has 0 spiro atoms. The molecule has 3 N–H and O–H groups in total. The summed E-state index contributed by atoms with van der Waals surface area (Å²) in [6, 6.07) is 0. The second kappa shape index (κ2) is 7.55. The van der Waals surface area contributed by atoms with Crippen molar-refractivity contribution in [1.82, 2.24) is 4.90 Å². The van der Waals surface area contributed by atoms with Gasteiger partial charge < -0.3 is 25.0 Å². The fourth-order valence-corrected chi connectivity index (χ4v) is 3.52. The summed E-state index contributed by atoms with van der Waals surface area (Å²) < 4.78 is 5.37. The van der Waals surface area contributed by atoms with Crippen LogP contribution in [0.2, 0.25) is 0 Å². The molecule has 6 heteroatoms. The monoisotopic (exact) mass is 313 g/mol. The molecule has 1 aliphatic carbocycles. The van der Waals surface area contributed by atoms with Gasteiger partial charge in [0.15, 0.2) is 6.29 Å². The fraction of sp³-hybridized carbons (Fsp3) is 0.812. The fourth-order valence-electron chi connectivity index (χ4n) is 3.52. The summed E-state index contributed by atoms with van der Waals surface area (Å²) in [5, 5.41) is 29.7. The van der Waals surface area contributed by atoms with Crippen LogP contribution in [-0.2, 0) is 9.53 Å². The number of nitrogens with zero attached hydrogens (tertiary/aromatic N) is 1. The smallest absolute Gasteiger partial charge is 0.219 e. The van der Waals surface area contributed by atoms with Gasteiger partial charge in [-0.1, -0.05) is 19.1 Å². The number of aliphatic hydroxyl groups is 3. The Bertz CT molecular complexity index is 413. The number of rotatable bonds is 6. The molecule has 0 aromatic rings. The van der Waals surface area contributed by atoms with Gasteiger partial charge in [-0.2, -0.15) is 0 Å². The van der Waals surface area contributed by atoms with E-state index in [4.69, 9.17) is 4.74 Å². The van der Waals surface area contributed by atoms with Crippen molar-refractivity contribution in [3.8, 4) is 0 Å². The highest BCUT2D eigenvalue weighted by Crippen LogP contribution is 2.43. The Kier molecular flexibility index (Phi) is 5.97. The first kappa shape index (κ1) is 17.4. The van der Waals surface area contributed by atoms with Gasteiger partial charge in [-0.15, -0.1) is 0 Å². The Morgan fingerprint density at radius 1 is 1.41 bits per heavy atom. The van der Waals surface area contributed by atoms with Gasteiger partial charge in [0.2, 0.25) is 5.91 Å². The zero-order valence-electron chi connectivity index (χ0n) is 13.3. The molecule has 0 aromatic heterocycles. The van der Waals surface area contributed by atoms with Crippen LogP contribution in [0.3, 0.4) is 0 Å². The molecular weight excluding hydrogens is 286 g/mol. The number of hydrogen-bond acceptors (Lipinski definition) is 5. The van der Waals surface area contributed by atoms with Gasteiger partial charge in [0.25, 0.3) is 0 Å². The van der Waals surface area contributed by atoms with Crippen LogP contribution in [-0.4, -0.2) is 63.8 Å². The number of carbonyl (C=O) groups excluding carboxylic acids is 1. The minimum atomic E-state index is -0.756. The molecule has 0 bridgehead atoms. The van der Waals surface area contributed by atoms with E-state index in [1.165, 1.54) is 6.92 Å². The largest absolute Gasteiger partial charge is 0.392 e. The van der Waals surface area contributed by atoms with Crippen molar-refractivity contribution < 1.29 is 24.9 Å². The number of fused-ring (bicyclic) bond motifs is 1. The second-order valence-electron chi connectivity index (χ2n) is 6.33. The molecule has 1 saturated heterocycles. The lowest BCUT2D eigenvalue weighted by atomic mass is 9.91. The summed E-state index contributed by atoms with van der Waals surface area (Å²) in [6.45, 7) is 4.36. The first-order valence-electron chi connectivity index (χ1n) is 8.05. The average molecular weight is 313 g/mol. The molecule has 126 valence electrons.